The van der Waals surface area contributed by atoms with Crippen LogP contribution in [0.25, 0.3) is 0 Å². The number of fused-ring (bicyclic) bond motifs is 1. The highest BCUT2D eigenvalue weighted by Gasteiger charge is 2.53. The minimum atomic E-state index is -0.664. The van der Waals surface area contributed by atoms with Crippen molar-refractivity contribution in [1.82, 2.24) is 15.1 Å². The molecule has 2 saturated heterocycles. The van der Waals surface area contributed by atoms with Gasteiger partial charge in [-0.1, -0.05) is 0 Å². The summed E-state index contributed by atoms with van der Waals surface area (Å²) in [5.41, 5.74) is -0.508. The van der Waals surface area contributed by atoms with Crippen LogP contribution in [0.4, 0.5) is 0 Å². The zero-order valence-electron chi connectivity index (χ0n) is 9.69. The molecular weight excluding hydrogens is 238 g/mol. The Hall–Kier alpha value is -0.880. The van der Waals surface area contributed by atoms with Crippen LogP contribution in [0.15, 0.2) is 0 Å². The number of rotatable bonds is 3. The summed E-state index contributed by atoms with van der Waals surface area (Å²) in [6, 6.07) is 0.431. The van der Waals surface area contributed by atoms with Crippen LogP contribution < -0.4 is 5.32 Å². The molecule has 0 amide bonds. The number of hydrogen-bond donors (Lipinski definition) is 2. The number of carbonyl (C=O) groups is 1. The molecule has 0 unspecified atom stereocenters. The van der Waals surface area contributed by atoms with Gasteiger partial charge in [0.05, 0.1) is 11.5 Å². The molecule has 0 aromatic rings. The number of carboxylic acids is 1. The van der Waals surface area contributed by atoms with Crippen molar-refractivity contribution in [2.24, 2.45) is 5.41 Å². The van der Waals surface area contributed by atoms with E-state index in [4.69, 9.17) is 12.2 Å². The van der Waals surface area contributed by atoms with Crippen LogP contribution in [0.3, 0.4) is 0 Å². The van der Waals surface area contributed by atoms with E-state index in [0.717, 1.165) is 44.1 Å². The van der Waals surface area contributed by atoms with Gasteiger partial charge < -0.3 is 20.2 Å². The second-order valence-electron chi connectivity index (χ2n) is 5.30. The van der Waals surface area contributed by atoms with Gasteiger partial charge in [-0.25, -0.2) is 0 Å². The minimum Gasteiger partial charge on any atom is -0.481 e. The molecule has 5 nitrogen and oxygen atoms in total. The molecule has 0 aromatic heterocycles. The lowest BCUT2D eigenvalue weighted by Crippen LogP contribution is -2.49. The van der Waals surface area contributed by atoms with Gasteiger partial charge in [0, 0.05) is 32.7 Å². The van der Waals surface area contributed by atoms with Gasteiger partial charge in [-0.3, -0.25) is 4.79 Å². The topological polar surface area (TPSA) is 55.8 Å². The van der Waals surface area contributed by atoms with E-state index in [0.29, 0.717) is 12.6 Å². The lowest BCUT2D eigenvalue weighted by Gasteiger charge is -2.30. The Kier molecular flexibility index (Phi) is 2.52. The summed E-state index contributed by atoms with van der Waals surface area (Å²) in [5.74, 6) is -0.664. The third-order valence-corrected chi connectivity index (χ3v) is 4.59. The van der Waals surface area contributed by atoms with E-state index in [1.54, 1.807) is 0 Å². The highest BCUT2D eigenvalue weighted by atomic mass is 32.1. The van der Waals surface area contributed by atoms with Crippen molar-refractivity contribution < 1.29 is 9.90 Å². The average molecular weight is 255 g/mol. The summed E-state index contributed by atoms with van der Waals surface area (Å²) in [7, 11) is 0. The van der Waals surface area contributed by atoms with Crippen molar-refractivity contribution in [1.29, 1.82) is 0 Å². The monoisotopic (exact) mass is 255 g/mol. The molecule has 2 N–H and O–H groups in total. The molecule has 3 fully saturated rings. The normalized spacial score (nSPS) is 30.4. The lowest BCUT2D eigenvalue weighted by molar-refractivity contribution is -0.143. The van der Waals surface area contributed by atoms with Gasteiger partial charge in [0.25, 0.3) is 0 Å². The quantitative estimate of drug-likeness (QED) is 0.677. The second-order valence-corrected chi connectivity index (χ2v) is 5.67. The molecule has 1 saturated carbocycles. The summed E-state index contributed by atoms with van der Waals surface area (Å²) in [5, 5.41) is 13.4. The fraction of sp³-hybridized carbons (Fsp3) is 0.818. The second kappa shape index (κ2) is 3.81. The third kappa shape index (κ3) is 1.79. The first-order chi connectivity index (χ1) is 8.12. The van der Waals surface area contributed by atoms with Crippen LogP contribution >= 0.6 is 12.2 Å². The maximum Gasteiger partial charge on any atom is 0.311 e. The number of piperazine rings is 1. The molecule has 0 bridgehead atoms. The molecule has 94 valence electrons. The smallest absolute Gasteiger partial charge is 0.311 e. The van der Waals surface area contributed by atoms with E-state index in [2.05, 4.69) is 15.1 Å². The van der Waals surface area contributed by atoms with Gasteiger partial charge in [-0.05, 0) is 25.1 Å². The molecule has 3 rings (SSSR count). The SMILES string of the molecule is O=C(O)C1(CN2C[C@@H]3CNCCN3C2=S)CC1. The molecule has 2 heterocycles. The minimum absolute atomic E-state index is 0.431. The predicted octanol–water partition coefficient (Wildman–Crippen LogP) is -0.274. The van der Waals surface area contributed by atoms with E-state index in [9.17, 15) is 9.90 Å². The number of nitrogens with zero attached hydrogens (tertiary/aromatic N) is 2. The van der Waals surface area contributed by atoms with E-state index in [1.807, 2.05) is 0 Å². The molecule has 0 aromatic carbocycles. The van der Waals surface area contributed by atoms with E-state index in [1.165, 1.54) is 0 Å². The highest BCUT2D eigenvalue weighted by Crippen LogP contribution is 2.47. The van der Waals surface area contributed by atoms with Gasteiger partial charge in [0.1, 0.15) is 0 Å². The van der Waals surface area contributed by atoms with E-state index >= 15 is 0 Å². The summed E-state index contributed by atoms with van der Waals surface area (Å²) in [4.78, 5) is 15.5. The fourth-order valence-corrected chi connectivity index (χ4v) is 3.16. The number of aliphatic carboxylic acids is 1. The molecule has 2 aliphatic heterocycles. The van der Waals surface area contributed by atoms with Crippen LogP contribution in [-0.4, -0.2) is 64.8 Å². The molecule has 6 heteroatoms. The van der Waals surface area contributed by atoms with Crippen LogP contribution in [0.5, 0.6) is 0 Å². The number of hydrogen-bond acceptors (Lipinski definition) is 3. The molecular formula is C11H17N3O2S. The zero-order chi connectivity index (χ0) is 12.0. The average Bonchev–Trinajstić information content (AvgIpc) is 3.03. The van der Waals surface area contributed by atoms with Crippen LogP contribution in [0, 0.1) is 5.41 Å². The first-order valence-electron chi connectivity index (χ1n) is 6.12. The molecule has 1 atom stereocenters. The van der Waals surface area contributed by atoms with Crippen molar-refractivity contribution in [3.8, 4) is 0 Å². The van der Waals surface area contributed by atoms with Crippen molar-refractivity contribution in [3.63, 3.8) is 0 Å². The highest BCUT2D eigenvalue weighted by molar-refractivity contribution is 7.80. The van der Waals surface area contributed by atoms with Crippen LogP contribution in [0.1, 0.15) is 12.8 Å². The lowest BCUT2D eigenvalue weighted by atomic mass is 10.1. The van der Waals surface area contributed by atoms with Crippen LogP contribution in [0.2, 0.25) is 0 Å². The third-order valence-electron chi connectivity index (χ3n) is 4.10. The van der Waals surface area contributed by atoms with Gasteiger partial charge >= 0.3 is 5.97 Å². The predicted molar refractivity (Wildman–Crippen MR) is 66.8 cm³/mol. The molecule has 0 spiro atoms. The van der Waals surface area contributed by atoms with Gasteiger partial charge in [-0.15, -0.1) is 0 Å². The Bertz CT molecular complexity index is 370. The molecule has 17 heavy (non-hydrogen) atoms. The molecule has 3 aliphatic rings. The largest absolute Gasteiger partial charge is 0.481 e. The molecule has 1 aliphatic carbocycles. The number of nitrogens with one attached hydrogen (secondary N) is 1. The summed E-state index contributed by atoms with van der Waals surface area (Å²) in [6.45, 7) is 4.33. The van der Waals surface area contributed by atoms with Gasteiger partial charge in [-0.2, -0.15) is 0 Å². The van der Waals surface area contributed by atoms with Crippen molar-refractivity contribution in [2.45, 2.75) is 18.9 Å². The van der Waals surface area contributed by atoms with Crippen molar-refractivity contribution >= 4 is 23.3 Å². The standard InChI is InChI=1S/C11H17N3O2S/c15-9(16)11(1-2-11)7-13-6-8-5-12-3-4-14(8)10(13)17/h8,12H,1-7H2,(H,15,16)/t8-/m0/s1. The summed E-state index contributed by atoms with van der Waals surface area (Å²) in [6.07, 6.45) is 1.59. The fourth-order valence-electron chi connectivity index (χ4n) is 2.78. The zero-order valence-corrected chi connectivity index (χ0v) is 10.5. The Labute approximate surface area is 106 Å². The Morgan fingerprint density at radius 1 is 1.59 bits per heavy atom. The maximum atomic E-state index is 11.2. The van der Waals surface area contributed by atoms with Crippen molar-refractivity contribution in [3.05, 3.63) is 0 Å². The maximum absolute atomic E-state index is 11.2. The van der Waals surface area contributed by atoms with Gasteiger partial charge in [0.15, 0.2) is 5.11 Å². The summed E-state index contributed by atoms with van der Waals surface area (Å²) >= 11 is 5.45. The Morgan fingerprint density at radius 2 is 2.35 bits per heavy atom. The Morgan fingerprint density at radius 3 is 2.94 bits per heavy atom. The van der Waals surface area contributed by atoms with Crippen molar-refractivity contribution in [2.75, 3.05) is 32.7 Å². The first-order valence-corrected chi connectivity index (χ1v) is 6.53. The van der Waals surface area contributed by atoms with E-state index < -0.39 is 11.4 Å². The van der Waals surface area contributed by atoms with Crippen LogP contribution in [-0.2, 0) is 4.79 Å². The number of carboxylic acid groups (broad SMARTS) is 1. The molecule has 0 radical (unpaired) electrons. The first kappa shape index (κ1) is 11.2. The number of thiocarbonyl (C=S) groups is 1. The Balaban J connectivity index is 1.69. The van der Waals surface area contributed by atoms with Gasteiger partial charge in [0.2, 0.25) is 0 Å². The van der Waals surface area contributed by atoms with E-state index in [-0.39, 0.29) is 0 Å². The summed E-state index contributed by atoms with van der Waals surface area (Å²) < 4.78 is 0.